The molecule has 0 aromatic carbocycles. The van der Waals surface area contributed by atoms with Gasteiger partial charge in [-0.1, -0.05) is 33.1 Å². The van der Waals surface area contributed by atoms with Gasteiger partial charge in [0.05, 0.1) is 0 Å². The molecule has 2 aliphatic rings. The van der Waals surface area contributed by atoms with Gasteiger partial charge in [0.25, 0.3) is 0 Å². The summed E-state index contributed by atoms with van der Waals surface area (Å²) < 4.78 is 0. The molecule has 3 amide bonds. The maximum Gasteiger partial charge on any atom is 0.318 e. The van der Waals surface area contributed by atoms with Crippen LogP contribution in [0.4, 0.5) is 4.79 Å². The highest BCUT2D eigenvalue weighted by Gasteiger charge is 2.35. The molecule has 0 unspecified atom stereocenters. The Balaban J connectivity index is 1.97. The summed E-state index contributed by atoms with van der Waals surface area (Å²) in [5.41, 5.74) is 0. The van der Waals surface area contributed by atoms with Gasteiger partial charge in [-0.2, -0.15) is 0 Å². The highest BCUT2D eigenvalue weighted by molar-refractivity contribution is 5.88. The molecular formula is C14H25N3O2. The molecule has 108 valence electrons. The summed E-state index contributed by atoms with van der Waals surface area (Å²) >= 11 is 0. The highest BCUT2D eigenvalue weighted by Crippen LogP contribution is 2.19. The first-order chi connectivity index (χ1) is 9.09. The fourth-order valence-electron chi connectivity index (χ4n) is 3.08. The van der Waals surface area contributed by atoms with Crippen LogP contribution >= 0.6 is 0 Å². The summed E-state index contributed by atoms with van der Waals surface area (Å²) in [6, 6.07) is -0.114. The van der Waals surface area contributed by atoms with Crippen LogP contribution in [-0.2, 0) is 4.79 Å². The number of piperazine rings is 1. The minimum atomic E-state index is -0.336. The Hall–Kier alpha value is -1.26. The predicted octanol–water partition coefficient (Wildman–Crippen LogP) is 1.49. The molecule has 5 heteroatoms. The van der Waals surface area contributed by atoms with Gasteiger partial charge in [-0.25, -0.2) is 4.79 Å². The largest absolute Gasteiger partial charge is 0.353 e. The van der Waals surface area contributed by atoms with Gasteiger partial charge >= 0.3 is 6.03 Å². The van der Waals surface area contributed by atoms with Crippen LogP contribution in [0.2, 0.25) is 0 Å². The third kappa shape index (κ3) is 3.39. The lowest BCUT2D eigenvalue weighted by Crippen LogP contribution is -2.62. The second-order valence-corrected chi connectivity index (χ2v) is 5.96. The van der Waals surface area contributed by atoms with Gasteiger partial charge in [0.15, 0.2) is 0 Å². The first-order valence-corrected chi connectivity index (χ1v) is 7.44. The highest BCUT2D eigenvalue weighted by atomic mass is 16.2. The van der Waals surface area contributed by atoms with Crippen LogP contribution in [0.1, 0.15) is 46.0 Å². The van der Waals surface area contributed by atoms with Crippen molar-refractivity contribution >= 4 is 11.9 Å². The lowest BCUT2D eigenvalue weighted by Gasteiger charge is -2.38. The Kier molecular flexibility index (Phi) is 4.66. The summed E-state index contributed by atoms with van der Waals surface area (Å²) in [4.78, 5) is 26.0. The van der Waals surface area contributed by atoms with E-state index in [1.807, 2.05) is 13.8 Å². The fraction of sp³-hybridized carbons (Fsp3) is 0.857. The monoisotopic (exact) mass is 267 g/mol. The van der Waals surface area contributed by atoms with Gasteiger partial charge in [-0.05, 0) is 18.8 Å². The first-order valence-electron chi connectivity index (χ1n) is 7.44. The molecule has 2 rings (SSSR count). The number of rotatable bonds is 2. The normalized spacial score (nSPS) is 25.3. The molecule has 1 heterocycles. The quantitative estimate of drug-likeness (QED) is 0.796. The molecule has 0 radical (unpaired) electrons. The van der Waals surface area contributed by atoms with E-state index in [1.54, 1.807) is 4.90 Å². The first kappa shape index (κ1) is 14.2. The van der Waals surface area contributed by atoms with E-state index in [9.17, 15) is 9.59 Å². The standard InChI is InChI=1S/C14H25N3O2/c1-10(2)12-13(18)15-8-9-17(12)14(19)16-11-6-4-3-5-7-11/h10-12H,3-9H2,1-2H3,(H,15,18)(H,16,19)/t12-/m0/s1. The number of nitrogens with one attached hydrogen (secondary N) is 2. The Labute approximate surface area is 115 Å². The van der Waals surface area contributed by atoms with Gasteiger partial charge in [-0.15, -0.1) is 0 Å². The zero-order chi connectivity index (χ0) is 13.8. The maximum absolute atomic E-state index is 12.4. The summed E-state index contributed by atoms with van der Waals surface area (Å²) in [6.07, 6.45) is 5.79. The van der Waals surface area contributed by atoms with E-state index in [-0.39, 0.29) is 23.9 Å². The van der Waals surface area contributed by atoms with Gasteiger partial charge in [-0.3, -0.25) is 4.79 Å². The molecule has 5 nitrogen and oxygen atoms in total. The number of urea groups is 1. The molecule has 0 bridgehead atoms. The van der Waals surface area contributed by atoms with E-state index in [4.69, 9.17) is 0 Å². The van der Waals surface area contributed by atoms with Crippen molar-refractivity contribution in [3.8, 4) is 0 Å². The Morgan fingerprint density at radius 3 is 2.63 bits per heavy atom. The van der Waals surface area contributed by atoms with E-state index in [0.717, 1.165) is 12.8 Å². The molecule has 1 aliphatic carbocycles. The van der Waals surface area contributed by atoms with Gasteiger partial charge in [0, 0.05) is 19.1 Å². The predicted molar refractivity (Wildman–Crippen MR) is 73.7 cm³/mol. The van der Waals surface area contributed by atoms with Crippen LogP contribution < -0.4 is 10.6 Å². The van der Waals surface area contributed by atoms with Crippen LogP contribution in [0.15, 0.2) is 0 Å². The second kappa shape index (κ2) is 6.26. The third-order valence-corrected chi connectivity index (χ3v) is 4.08. The number of nitrogens with zero attached hydrogens (tertiary/aromatic N) is 1. The lowest BCUT2D eigenvalue weighted by molar-refractivity contribution is -0.129. The van der Waals surface area contributed by atoms with E-state index in [1.165, 1.54) is 19.3 Å². The molecule has 0 spiro atoms. The van der Waals surface area contributed by atoms with Crippen LogP contribution in [-0.4, -0.2) is 42.0 Å². The molecule has 2 fully saturated rings. The second-order valence-electron chi connectivity index (χ2n) is 5.96. The zero-order valence-electron chi connectivity index (χ0n) is 11.9. The SMILES string of the molecule is CC(C)[C@H]1C(=O)NCCN1C(=O)NC1CCCCC1. The summed E-state index contributed by atoms with van der Waals surface area (Å²) in [5, 5.41) is 5.94. The zero-order valence-corrected chi connectivity index (χ0v) is 11.9. The average molecular weight is 267 g/mol. The Morgan fingerprint density at radius 1 is 1.32 bits per heavy atom. The van der Waals surface area contributed by atoms with E-state index >= 15 is 0 Å². The van der Waals surface area contributed by atoms with Crippen LogP contribution in [0.25, 0.3) is 0 Å². The van der Waals surface area contributed by atoms with Crippen molar-refractivity contribution in [3.05, 3.63) is 0 Å². The Morgan fingerprint density at radius 2 is 2.00 bits per heavy atom. The number of hydrogen-bond acceptors (Lipinski definition) is 2. The molecular weight excluding hydrogens is 242 g/mol. The molecule has 0 aromatic rings. The minimum absolute atomic E-state index is 0.0277. The topological polar surface area (TPSA) is 61.4 Å². The van der Waals surface area contributed by atoms with Crippen molar-refractivity contribution in [2.24, 2.45) is 5.92 Å². The van der Waals surface area contributed by atoms with E-state index < -0.39 is 0 Å². The summed E-state index contributed by atoms with van der Waals surface area (Å²) in [5.74, 6) is 0.109. The smallest absolute Gasteiger partial charge is 0.318 e. The molecule has 2 N–H and O–H groups in total. The van der Waals surface area contributed by atoms with E-state index in [2.05, 4.69) is 10.6 Å². The number of amides is 3. The molecule has 1 aliphatic heterocycles. The third-order valence-electron chi connectivity index (χ3n) is 4.08. The van der Waals surface area contributed by atoms with Crippen LogP contribution in [0, 0.1) is 5.92 Å². The van der Waals surface area contributed by atoms with Gasteiger partial charge in [0.1, 0.15) is 6.04 Å². The number of carbonyl (C=O) groups excluding carboxylic acids is 2. The molecule has 1 saturated heterocycles. The van der Waals surface area contributed by atoms with Crippen molar-refractivity contribution in [1.29, 1.82) is 0 Å². The summed E-state index contributed by atoms with van der Waals surface area (Å²) in [6.45, 7) is 5.13. The molecule has 0 aromatic heterocycles. The molecule has 1 saturated carbocycles. The Bertz CT molecular complexity index is 338. The van der Waals surface area contributed by atoms with Crippen molar-refractivity contribution in [2.45, 2.75) is 58.0 Å². The van der Waals surface area contributed by atoms with Crippen molar-refractivity contribution in [1.82, 2.24) is 15.5 Å². The summed E-state index contributed by atoms with van der Waals surface area (Å²) in [7, 11) is 0. The maximum atomic E-state index is 12.4. The van der Waals surface area contributed by atoms with Gasteiger partial charge in [0.2, 0.25) is 5.91 Å². The van der Waals surface area contributed by atoms with Gasteiger partial charge < -0.3 is 15.5 Å². The minimum Gasteiger partial charge on any atom is -0.353 e. The van der Waals surface area contributed by atoms with Crippen molar-refractivity contribution in [2.75, 3.05) is 13.1 Å². The van der Waals surface area contributed by atoms with E-state index in [0.29, 0.717) is 19.1 Å². The molecule has 1 atom stereocenters. The number of carbonyl (C=O) groups is 2. The fourth-order valence-corrected chi connectivity index (χ4v) is 3.08. The van der Waals surface area contributed by atoms with Crippen molar-refractivity contribution in [3.63, 3.8) is 0 Å². The lowest BCUT2D eigenvalue weighted by atomic mass is 9.95. The average Bonchev–Trinajstić information content (AvgIpc) is 2.39. The van der Waals surface area contributed by atoms with Crippen LogP contribution in [0.5, 0.6) is 0 Å². The molecule has 19 heavy (non-hydrogen) atoms. The van der Waals surface area contributed by atoms with Crippen LogP contribution in [0.3, 0.4) is 0 Å². The van der Waals surface area contributed by atoms with Crippen molar-refractivity contribution < 1.29 is 9.59 Å². The number of hydrogen-bond donors (Lipinski definition) is 2.